The lowest BCUT2D eigenvalue weighted by Gasteiger charge is -2.15. The fraction of sp³-hybridized carbons (Fsp3) is 0.250. The number of likely N-dealkylation sites (N-methyl/N-ethyl adjacent to an activating group) is 1. The van der Waals surface area contributed by atoms with Gasteiger partial charge in [-0.05, 0) is 73.5 Å². The van der Waals surface area contributed by atoms with Gasteiger partial charge >= 0.3 is 5.97 Å². The zero-order chi connectivity index (χ0) is 24.9. The number of benzene rings is 3. The highest BCUT2D eigenvalue weighted by atomic mass is 35.5. The first-order valence-electron chi connectivity index (χ1n) is 11.5. The van der Waals surface area contributed by atoms with E-state index < -0.39 is 11.9 Å². The van der Waals surface area contributed by atoms with Gasteiger partial charge in [0.1, 0.15) is 5.92 Å². The van der Waals surface area contributed by atoms with E-state index in [0.29, 0.717) is 22.8 Å². The summed E-state index contributed by atoms with van der Waals surface area (Å²) in [4.78, 5) is 31.2. The molecule has 7 heteroatoms. The molecule has 4 rings (SSSR count). The quantitative estimate of drug-likeness (QED) is 0.399. The summed E-state index contributed by atoms with van der Waals surface area (Å²) < 4.78 is 0. The summed E-state index contributed by atoms with van der Waals surface area (Å²) in [6, 6.07) is 21.1. The van der Waals surface area contributed by atoms with Crippen molar-refractivity contribution in [2.45, 2.75) is 25.2 Å². The third-order valence-corrected chi connectivity index (χ3v) is 6.24. The molecule has 1 unspecified atom stereocenters. The van der Waals surface area contributed by atoms with E-state index in [1.54, 1.807) is 12.1 Å². The van der Waals surface area contributed by atoms with E-state index >= 15 is 0 Å². The molecule has 0 fully saturated rings. The lowest BCUT2D eigenvalue weighted by atomic mass is 9.90. The van der Waals surface area contributed by atoms with Gasteiger partial charge in [0.15, 0.2) is 0 Å². The van der Waals surface area contributed by atoms with Gasteiger partial charge < -0.3 is 15.3 Å². The minimum Gasteiger partial charge on any atom is -0.481 e. The van der Waals surface area contributed by atoms with Crippen LogP contribution in [0.1, 0.15) is 34.6 Å². The predicted octanol–water partition coefficient (Wildman–Crippen LogP) is 5.32. The molecule has 0 aliphatic carbocycles. The summed E-state index contributed by atoms with van der Waals surface area (Å²) in [7, 11) is 4.09. The average Bonchev–Trinajstić information content (AvgIpc) is 3.15. The molecule has 3 aromatic carbocycles. The molecule has 0 saturated heterocycles. The third-order valence-electron chi connectivity index (χ3n) is 6.00. The number of hydrogen-bond donors (Lipinski definition) is 2. The normalized spacial score (nSPS) is 15.3. The van der Waals surface area contributed by atoms with Crippen LogP contribution in [0.4, 0.5) is 11.4 Å². The number of hydrogen-bond acceptors (Lipinski definition) is 4. The fourth-order valence-electron chi connectivity index (χ4n) is 4.17. The first-order valence-corrected chi connectivity index (χ1v) is 11.9. The van der Waals surface area contributed by atoms with Gasteiger partial charge in [-0.25, -0.2) is 0 Å². The first kappa shape index (κ1) is 24.6. The standard InChI is InChI=1S/C28H28ClN3O3/c1-32(2)15-14-19-4-3-5-22(16-19)30-27(20-9-6-18(7-10-20)8-13-25(33)34)26-23-12-11-21(29)17-24(23)31-28(26)35/h3-7,9-12,16-17,26H,8,13-15H2,1-2H3,(H,31,35)(H,33,34). The number of aliphatic carboxylic acids is 1. The van der Waals surface area contributed by atoms with Crippen molar-refractivity contribution in [3.8, 4) is 0 Å². The maximum atomic E-state index is 13.1. The Morgan fingerprint density at radius 3 is 2.51 bits per heavy atom. The van der Waals surface area contributed by atoms with Gasteiger partial charge in [-0.15, -0.1) is 0 Å². The summed E-state index contributed by atoms with van der Waals surface area (Å²) >= 11 is 6.16. The summed E-state index contributed by atoms with van der Waals surface area (Å²) in [6.07, 6.45) is 1.41. The molecular formula is C28H28ClN3O3. The number of carboxylic acids is 1. The maximum absolute atomic E-state index is 13.1. The summed E-state index contributed by atoms with van der Waals surface area (Å²) in [6.45, 7) is 0.928. The van der Waals surface area contributed by atoms with Crippen molar-refractivity contribution >= 4 is 40.6 Å². The maximum Gasteiger partial charge on any atom is 0.303 e. The van der Waals surface area contributed by atoms with Crippen molar-refractivity contribution in [1.82, 2.24) is 4.90 Å². The van der Waals surface area contributed by atoms with E-state index in [-0.39, 0.29) is 12.3 Å². The van der Waals surface area contributed by atoms with E-state index in [2.05, 4.69) is 22.3 Å². The molecule has 1 atom stereocenters. The number of carboxylic acid groups (broad SMARTS) is 1. The van der Waals surface area contributed by atoms with Crippen LogP contribution in [0.3, 0.4) is 0 Å². The molecule has 1 amide bonds. The highest BCUT2D eigenvalue weighted by Crippen LogP contribution is 2.37. The average molecular weight is 490 g/mol. The van der Waals surface area contributed by atoms with E-state index in [4.69, 9.17) is 21.7 Å². The van der Waals surface area contributed by atoms with Crippen LogP contribution in [0.2, 0.25) is 5.02 Å². The Balaban J connectivity index is 1.74. The summed E-state index contributed by atoms with van der Waals surface area (Å²) in [5.41, 5.74) is 5.84. The lowest BCUT2D eigenvalue weighted by molar-refractivity contribution is -0.137. The molecule has 0 radical (unpaired) electrons. The van der Waals surface area contributed by atoms with Gasteiger partial charge in [0, 0.05) is 23.7 Å². The van der Waals surface area contributed by atoms with Gasteiger partial charge in [0.2, 0.25) is 5.91 Å². The Hall–Kier alpha value is -3.48. The Labute approximate surface area is 210 Å². The molecule has 0 saturated carbocycles. The molecule has 0 aromatic heterocycles. The molecule has 0 bridgehead atoms. The summed E-state index contributed by atoms with van der Waals surface area (Å²) in [5.74, 6) is -1.57. The molecule has 35 heavy (non-hydrogen) atoms. The van der Waals surface area contributed by atoms with Crippen molar-refractivity contribution in [2.75, 3.05) is 26.0 Å². The third kappa shape index (κ3) is 6.15. The minimum atomic E-state index is -0.830. The predicted molar refractivity (Wildman–Crippen MR) is 140 cm³/mol. The van der Waals surface area contributed by atoms with E-state index in [0.717, 1.165) is 35.3 Å². The first-order chi connectivity index (χ1) is 16.8. The molecule has 1 aliphatic rings. The van der Waals surface area contributed by atoms with Gasteiger partial charge in [-0.1, -0.05) is 54.1 Å². The molecule has 6 nitrogen and oxygen atoms in total. The van der Waals surface area contributed by atoms with E-state index in [1.165, 1.54) is 5.56 Å². The Bertz CT molecular complexity index is 1270. The fourth-order valence-corrected chi connectivity index (χ4v) is 4.34. The van der Waals surface area contributed by atoms with Gasteiger partial charge in [0.25, 0.3) is 0 Å². The number of carbonyl (C=O) groups excluding carboxylic acids is 1. The number of carbonyl (C=O) groups is 2. The highest BCUT2D eigenvalue weighted by molar-refractivity contribution is 6.31. The molecule has 1 aliphatic heterocycles. The van der Waals surface area contributed by atoms with E-state index in [9.17, 15) is 9.59 Å². The van der Waals surface area contributed by atoms with Crippen molar-refractivity contribution < 1.29 is 14.7 Å². The largest absolute Gasteiger partial charge is 0.481 e. The topological polar surface area (TPSA) is 82.0 Å². The van der Waals surface area contributed by atoms with Gasteiger partial charge in [-0.3, -0.25) is 14.6 Å². The van der Waals surface area contributed by atoms with Crippen LogP contribution in [0.15, 0.2) is 71.7 Å². The number of nitrogens with one attached hydrogen (secondary N) is 1. The SMILES string of the molecule is CN(C)CCc1cccc(N=C(c2ccc(CCC(=O)O)cc2)C2C(=O)Nc3cc(Cl)ccc32)c1. The van der Waals surface area contributed by atoms with Crippen LogP contribution < -0.4 is 5.32 Å². The number of halogens is 1. The van der Waals surface area contributed by atoms with Crippen LogP contribution in [-0.4, -0.2) is 48.2 Å². The van der Waals surface area contributed by atoms with Crippen molar-refractivity contribution in [3.63, 3.8) is 0 Å². The van der Waals surface area contributed by atoms with Crippen LogP contribution in [0, 0.1) is 0 Å². The Morgan fingerprint density at radius 1 is 1.03 bits per heavy atom. The van der Waals surface area contributed by atoms with Crippen molar-refractivity contribution in [2.24, 2.45) is 4.99 Å². The second-order valence-electron chi connectivity index (χ2n) is 8.96. The van der Waals surface area contributed by atoms with Crippen LogP contribution in [0.5, 0.6) is 0 Å². The number of rotatable bonds is 9. The minimum absolute atomic E-state index is 0.0687. The summed E-state index contributed by atoms with van der Waals surface area (Å²) in [5, 5.41) is 12.5. The number of anilines is 1. The molecule has 180 valence electrons. The van der Waals surface area contributed by atoms with Crippen LogP contribution in [-0.2, 0) is 22.4 Å². The van der Waals surface area contributed by atoms with Gasteiger partial charge in [0.05, 0.1) is 11.4 Å². The monoisotopic (exact) mass is 489 g/mol. The number of fused-ring (bicyclic) bond motifs is 1. The van der Waals surface area contributed by atoms with Crippen LogP contribution in [0.25, 0.3) is 0 Å². The molecule has 3 aromatic rings. The number of aliphatic imine (C=N–C) groups is 1. The number of nitrogens with zero attached hydrogens (tertiary/aromatic N) is 2. The van der Waals surface area contributed by atoms with Crippen LogP contribution >= 0.6 is 11.6 Å². The second kappa shape index (κ2) is 10.8. The molecule has 0 spiro atoms. The van der Waals surface area contributed by atoms with Gasteiger partial charge in [-0.2, -0.15) is 0 Å². The number of amides is 1. The Kier molecular flexibility index (Phi) is 7.63. The molecule has 2 N–H and O–H groups in total. The van der Waals surface area contributed by atoms with Crippen molar-refractivity contribution in [1.29, 1.82) is 0 Å². The lowest BCUT2D eigenvalue weighted by Crippen LogP contribution is -2.22. The smallest absolute Gasteiger partial charge is 0.303 e. The zero-order valence-corrected chi connectivity index (χ0v) is 20.5. The molecule has 1 heterocycles. The van der Waals surface area contributed by atoms with E-state index in [1.807, 2.05) is 56.6 Å². The Morgan fingerprint density at radius 2 is 1.80 bits per heavy atom. The zero-order valence-electron chi connectivity index (χ0n) is 19.8. The molecular weight excluding hydrogens is 462 g/mol. The highest BCUT2D eigenvalue weighted by Gasteiger charge is 2.35. The second-order valence-corrected chi connectivity index (χ2v) is 9.40. The number of aryl methyl sites for hydroxylation is 1. The van der Waals surface area contributed by atoms with Crippen molar-refractivity contribution in [3.05, 3.63) is 94.0 Å².